The van der Waals surface area contributed by atoms with E-state index >= 15 is 0 Å². The van der Waals surface area contributed by atoms with Gasteiger partial charge in [-0.05, 0) is 22.9 Å². The van der Waals surface area contributed by atoms with Crippen LogP contribution in [0.2, 0.25) is 0 Å². The van der Waals surface area contributed by atoms with E-state index in [2.05, 4.69) is 31.0 Å². The molecule has 12 nitrogen and oxygen atoms in total. The highest BCUT2D eigenvalue weighted by Gasteiger charge is 2.37. The van der Waals surface area contributed by atoms with Gasteiger partial charge in [-0.25, -0.2) is 4.79 Å². The summed E-state index contributed by atoms with van der Waals surface area (Å²) in [4.78, 5) is 24.1. The Hall–Kier alpha value is -4.17. The number of nitrogens with one attached hydrogen (secondary N) is 1. The van der Waals surface area contributed by atoms with E-state index in [4.69, 9.17) is 4.74 Å². The molecule has 2 aromatic carbocycles. The molecule has 1 aliphatic rings. The molecule has 1 N–H and O–H groups in total. The van der Waals surface area contributed by atoms with Crippen LogP contribution in [0.1, 0.15) is 18.5 Å². The van der Waals surface area contributed by atoms with Gasteiger partial charge in [0.2, 0.25) is 5.95 Å². The van der Waals surface area contributed by atoms with E-state index in [0.29, 0.717) is 27.3 Å². The fraction of sp³-hybridized carbons (Fsp3) is 0.182. The van der Waals surface area contributed by atoms with Crippen LogP contribution < -0.4 is 5.32 Å². The first-order valence-corrected chi connectivity index (χ1v) is 12.6. The van der Waals surface area contributed by atoms with E-state index in [-0.39, 0.29) is 17.9 Å². The van der Waals surface area contributed by atoms with Crippen molar-refractivity contribution in [2.75, 3.05) is 17.7 Å². The second kappa shape index (κ2) is 10.2. The number of carbonyl (C=O) groups is 1. The van der Waals surface area contributed by atoms with Crippen molar-refractivity contribution in [2.45, 2.75) is 17.3 Å². The summed E-state index contributed by atoms with van der Waals surface area (Å²) in [5.74, 6) is 0.0495. The summed E-state index contributed by atoms with van der Waals surface area (Å²) in [5.41, 5.74) is 2.12. The van der Waals surface area contributed by atoms with E-state index in [1.54, 1.807) is 19.1 Å². The molecule has 2 aromatic heterocycles. The number of aromatic nitrogens is 6. The zero-order valence-corrected chi connectivity index (χ0v) is 20.4. The number of esters is 1. The van der Waals surface area contributed by atoms with Gasteiger partial charge < -0.3 is 10.1 Å². The first-order chi connectivity index (χ1) is 17.5. The second-order valence-corrected chi connectivity index (χ2v) is 9.67. The Morgan fingerprint density at radius 3 is 2.81 bits per heavy atom. The molecule has 182 valence electrons. The average Bonchev–Trinajstić information content (AvgIpc) is 3.57. The van der Waals surface area contributed by atoms with Crippen LogP contribution >= 0.6 is 23.1 Å². The smallest absolute Gasteiger partial charge is 0.338 e. The molecule has 0 aliphatic carbocycles. The third kappa shape index (κ3) is 4.67. The Bertz CT molecular complexity index is 1450. The van der Waals surface area contributed by atoms with E-state index in [1.165, 1.54) is 39.9 Å². The minimum absolute atomic E-state index is 0.109. The number of fused-ring (bicyclic) bond motifs is 1. The topological polar surface area (TPSA) is 151 Å². The number of rotatable bonds is 8. The highest BCUT2D eigenvalue weighted by Crippen LogP contribution is 2.38. The van der Waals surface area contributed by atoms with Crippen molar-refractivity contribution in [1.82, 2.24) is 30.4 Å². The van der Waals surface area contributed by atoms with Crippen molar-refractivity contribution in [1.29, 1.82) is 0 Å². The number of benzene rings is 2. The minimum Gasteiger partial charge on any atom is -0.463 e. The van der Waals surface area contributed by atoms with Gasteiger partial charge in [0.25, 0.3) is 5.69 Å². The summed E-state index contributed by atoms with van der Waals surface area (Å²) in [6.07, 6.45) is 0. The number of nitro groups is 1. The number of tetrazole rings is 1. The lowest BCUT2D eigenvalue weighted by atomic mass is 9.95. The fourth-order valence-electron chi connectivity index (χ4n) is 3.71. The van der Waals surface area contributed by atoms with Gasteiger partial charge in [-0.15, -0.1) is 10.2 Å². The Balaban J connectivity index is 1.51. The number of ether oxygens (including phenoxy) is 1. The molecular weight excluding hydrogens is 504 g/mol. The second-order valence-electron chi connectivity index (χ2n) is 7.47. The molecular formula is C22H18N8O4S2. The lowest BCUT2D eigenvalue weighted by molar-refractivity contribution is -0.384. The van der Waals surface area contributed by atoms with Gasteiger partial charge in [0.1, 0.15) is 11.0 Å². The third-order valence-electron chi connectivity index (χ3n) is 5.26. The van der Waals surface area contributed by atoms with Crippen LogP contribution in [0.3, 0.4) is 0 Å². The fourth-order valence-corrected chi connectivity index (χ4v) is 5.54. The van der Waals surface area contributed by atoms with Crippen LogP contribution in [0.5, 0.6) is 0 Å². The standard InChI is InChI=1S/C22H18N8O4S2/c1-2-34-20(31)17-16(12-35-22-26-24-19(36-22)13-7-4-3-5-8-13)23-21-25-27-28-29(21)18(17)14-9-6-10-15(11-14)30(32)33/h3-11,18H,2,12H2,1H3,(H,23,25,28). The van der Waals surface area contributed by atoms with Crippen molar-refractivity contribution in [3.05, 3.63) is 81.5 Å². The quantitative estimate of drug-likeness (QED) is 0.156. The number of nitro benzene ring substituents is 1. The monoisotopic (exact) mass is 522 g/mol. The molecule has 3 heterocycles. The van der Waals surface area contributed by atoms with Crippen LogP contribution in [0.4, 0.5) is 11.6 Å². The first kappa shape index (κ1) is 23.6. The van der Waals surface area contributed by atoms with Crippen molar-refractivity contribution < 1.29 is 14.5 Å². The lowest BCUT2D eigenvalue weighted by Crippen LogP contribution is -2.31. The van der Waals surface area contributed by atoms with Gasteiger partial charge in [0.05, 0.1) is 17.1 Å². The predicted octanol–water partition coefficient (Wildman–Crippen LogP) is 3.72. The number of nitrogens with zero attached hydrogens (tertiary/aromatic N) is 7. The summed E-state index contributed by atoms with van der Waals surface area (Å²) in [6.45, 7) is 1.87. The van der Waals surface area contributed by atoms with Crippen LogP contribution in [0.15, 0.2) is 70.2 Å². The largest absolute Gasteiger partial charge is 0.463 e. The van der Waals surface area contributed by atoms with Gasteiger partial charge in [-0.1, -0.05) is 70.7 Å². The van der Waals surface area contributed by atoms with Crippen molar-refractivity contribution in [3.8, 4) is 10.6 Å². The van der Waals surface area contributed by atoms with Crippen LogP contribution in [0, 0.1) is 10.1 Å². The van der Waals surface area contributed by atoms with Gasteiger partial charge in [0, 0.05) is 29.1 Å². The van der Waals surface area contributed by atoms with E-state index in [0.717, 1.165) is 10.6 Å². The molecule has 0 saturated carbocycles. The van der Waals surface area contributed by atoms with E-state index in [1.807, 2.05) is 30.3 Å². The number of anilines is 1. The molecule has 0 saturated heterocycles. The molecule has 0 radical (unpaired) electrons. The molecule has 36 heavy (non-hydrogen) atoms. The predicted molar refractivity (Wildman–Crippen MR) is 132 cm³/mol. The molecule has 1 unspecified atom stereocenters. The Labute approximate surface area is 212 Å². The van der Waals surface area contributed by atoms with E-state index < -0.39 is 16.9 Å². The molecule has 0 amide bonds. The highest BCUT2D eigenvalue weighted by atomic mass is 32.2. The first-order valence-electron chi connectivity index (χ1n) is 10.8. The molecule has 0 bridgehead atoms. The molecule has 1 atom stereocenters. The molecule has 14 heteroatoms. The zero-order chi connectivity index (χ0) is 25.1. The van der Waals surface area contributed by atoms with Gasteiger partial charge in [0.15, 0.2) is 4.34 Å². The maximum Gasteiger partial charge on any atom is 0.338 e. The number of hydrogen-bond acceptors (Lipinski definition) is 12. The summed E-state index contributed by atoms with van der Waals surface area (Å²) in [5, 5.41) is 35.6. The molecule has 1 aliphatic heterocycles. The normalized spacial score (nSPS) is 14.8. The van der Waals surface area contributed by atoms with Crippen molar-refractivity contribution >= 4 is 40.7 Å². The summed E-state index contributed by atoms with van der Waals surface area (Å²) < 4.78 is 7.49. The Kier molecular flexibility index (Phi) is 6.69. The van der Waals surface area contributed by atoms with Crippen LogP contribution in [0.25, 0.3) is 10.6 Å². The van der Waals surface area contributed by atoms with Gasteiger partial charge in [-0.2, -0.15) is 4.68 Å². The van der Waals surface area contributed by atoms with Gasteiger partial charge >= 0.3 is 5.97 Å². The van der Waals surface area contributed by atoms with E-state index in [9.17, 15) is 14.9 Å². The van der Waals surface area contributed by atoms with Crippen molar-refractivity contribution in [3.63, 3.8) is 0 Å². The minimum atomic E-state index is -0.819. The molecule has 0 spiro atoms. The number of carbonyl (C=O) groups excluding carboxylic acids is 1. The Morgan fingerprint density at radius 1 is 1.19 bits per heavy atom. The number of thioether (sulfide) groups is 1. The molecule has 4 aromatic rings. The molecule has 0 fully saturated rings. The SMILES string of the molecule is CCOC(=O)C1=C(CSc2nnc(-c3ccccc3)s2)Nc2nnnn2C1c1cccc([N+](=O)[O-])c1. The highest BCUT2D eigenvalue weighted by molar-refractivity contribution is 8.01. The summed E-state index contributed by atoms with van der Waals surface area (Å²) in [7, 11) is 0. The zero-order valence-electron chi connectivity index (χ0n) is 18.8. The maximum absolute atomic E-state index is 13.2. The number of non-ortho nitro benzene ring substituents is 1. The average molecular weight is 523 g/mol. The molecule has 5 rings (SSSR count). The lowest BCUT2D eigenvalue weighted by Gasteiger charge is -2.28. The summed E-state index contributed by atoms with van der Waals surface area (Å²) in [6, 6.07) is 14.9. The maximum atomic E-state index is 13.2. The van der Waals surface area contributed by atoms with Crippen molar-refractivity contribution in [2.24, 2.45) is 0 Å². The van der Waals surface area contributed by atoms with Crippen LogP contribution in [-0.4, -0.2) is 53.7 Å². The Morgan fingerprint density at radius 2 is 2.03 bits per heavy atom. The van der Waals surface area contributed by atoms with Gasteiger partial charge in [-0.3, -0.25) is 10.1 Å². The summed E-state index contributed by atoms with van der Waals surface area (Å²) >= 11 is 2.83. The van der Waals surface area contributed by atoms with Crippen LogP contribution in [-0.2, 0) is 9.53 Å². The third-order valence-corrected chi connectivity index (χ3v) is 7.39. The number of hydrogen-bond donors (Lipinski definition) is 1.